The summed E-state index contributed by atoms with van der Waals surface area (Å²) in [6, 6.07) is 8.19. The molecule has 1 amide bonds. The third-order valence-corrected chi connectivity index (χ3v) is 2.75. The number of carbonyl (C=O) groups excluding carboxylic acids is 1. The van der Waals surface area contributed by atoms with Crippen LogP contribution in [0.1, 0.15) is 30.5 Å². The lowest BCUT2D eigenvalue weighted by atomic mass is 10.0. The first-order valence-electron chi connectivity index (χ1n) is 5.06. The first-order valence-corrected chi connectivity index (χ1v) is 6.18. The topological polar surface area (TPSA) is 29.1 Å². The highest BCUT2D eigenvalue weighted by molar-refractivity contribution is 9.09. The Morgan fingerprint density at radius 2 is 2.13 bits per heavy atom. The summed E-state index contributed by atoms with van der Waals surface area (Å²) >= 11 is 3.25. The number of alkyl halides is 1. The van der Waals surface area contributed by atoms with E-state index < -0.39 is 0 Å². The second-order valence-electron chi connectivity index (χ2n) is 3.58. The van der Waals surface area contributed by atoms with E-state index in [1.165, 1.54) is 11.1 Å². The van der Waals surface area contributed by atoms with Gasteiger partial charge < -0.3 is 5.32 Å². The summed E-state index contributed by atoms with van der Waals surface area (Å²) in [6.07, 6.45) is 0.524. The zero-order valence-corrected chi connectivity index (χ0v) is 10.7. The lowest BCUT2D eigenvalue weighted by Crippen LogP contribution is -2.27. The van der Waals surface area contributed by atoms with Crippen molar-refractivity contribution in [3.8, 4) is 0 Å². The van der Waals surface area contributed by atoms with Crippen LogP contribution in [0.25, 0.3) is 0 Å². The van der Waals surface area contributed by atoms with Crippen molar-refractivity contribution >= 4 is 21.8 Å². The van der Waals surface area contributed by atoms with Gasteiger partial charge in [0.25, 0.3) is 0 Å². The summed E-state index contributed by atoms with van der Waals surface area (Å²) in [6.45, 7) is 4.07. The minimum atomic E-state index is 0.0812. The average molecular weight is 270 g/mol. The van der Waals surface area contributed by atoms with Crippen LogP contribution in [0.5, 0.6) is 0 Å². The Morgan fingerprint density at radius 1 is 1.47 bits per heavy atom. The van der Waals surface area contributed by atoms with Crippen molar-refractivity contribution < 1.29 is 4.79 Å². The van der Waals surface area contributed by atoms with Gasteiger partial charge in [-0.15, -0.1) is 0 Å². The molecule has 0 heterocycles. The van der Waals surface area contributed by atoms with E-state index in [9.17, 15) is 4.79 Å². The molecule has 0 fully saturated rings. The highest BCUT2D eigenvalue weighted by atomic mass is 79.9. The second kappa shape index (κ2) is 5.91. The summed E-state index contributed by atoms with van der Waals surface area (Å²) < 4.78 is 0. The highest BCUT2D eigenvalue weighted by Crippen LogP contribution is 2.16. The van der Waals surface area contributed by atoms with Crippen LogP contribution in [0.4, 0.5) is 0 Å². The Kier molecular flexibility index (Phi) is 4.82. The van der Waals surface area contributed by atoms with E-state index in [-0.39, 0.29) is 11.9 Å². The summed E-state index contributed by atoms with van der Waals surface area (Å²) in [4.78, 5) is 11.4. The number of hydrogen-bond acceptors (Lipinski definition) is 1. The summed E-state index contributed by atoms with van der Waals surface area (Å²) in [5.41, 5.74) is 2.39. The molecule has 1 atom stereocenters. The molecule has 1 N–H and O–H groups in total. The molecule has 1 aromatic rings. The maximum Gasteiger partial charge on any atom is 0.221 e. The van der Waals surface area contributed by atoms with Gasteiger partial charge in [0.05, 0.1) is 6.04 Å². The minimum Gasteiger partial charge on any atom is -0.350 e. The van der Waals surface area contributed by atoms with Crippen molar-refractivity contribution in [3.05, 3.63) is 35.4 Å². The van der Waals surface area contributed by atoms with Crippen LogP contribution in [0.2, 0.25) is 0 Å². The Labute approximate surface area is 99.2 Å². The molecule has 1 aromatic carbocycles. The molecule has 15 heavy (non-hydrogen) atoms. The molecular weight excluding hydrogens is 254 g/mol. The molecule has 0 radical (unpaired) electrons. The standard InChI is InChI=1S/C12H16BrNO/c1-9-5-3-4-6-11(9)10(2)14-12(15)7-8-13/h3-6,10H,7-8H2,1-2H3,(H,14,15). The first-order chi connectivity index (χ1) is 7.15. The lowest BCUT2D eigenvalue weighted by molar-refractivity contribution is -0.121. The van der Waals surface area contributed by atoms with E-state index in [0.717, 1.165) is 0 Å². The second-order valence-corrected chi connectivity index (χ2v) is 4.38. The molecule has 0 bridgehead atoms. The molecule has 0 aliphatic heterocycles. The normalized spacial score (nSPS) is 12.2. The van der Waals surface area contributed by atoms with Gasteiger partial charge in [-0.3, -0.25) is 4.79 Å². The Hall–Kier alpha value is -0.830. The lowest BCUT2D eigenvalue weighted by Gasteiger charge is -2.16. The number of rotatable bonds is 4. The molecule has 1 unspecified atom stereocenters. The molecule has 2 nitrogen and oxygen atoms in total. The fourth-order valence-electron chi connectivity index (χ4n) is 1.55. The van der Waals surface area contributed by atoms with Crippen LogP contribution in [-0.2, 0) is 4.79 Å². The zero-order valence-electron chi connectivity index (χ0n) is 9.09. The largest absolute Gasteiger partial charge is 0.350 e. The summed E-state index contributed by atoms with van der Waals surface area (Å²) in [5.74, 6) is 0.0858. The van der Waals surface area contributed by atoms with Gasteiger partial charge in [-0.25, -0.2) is 0 Å². The average Bonchev–Trinajstić information content (AvgIpc) is 2.18. The molecule has 0 aromatic heterocycles. The van der Waals surface area contributed by atoms with Crippen LogP contribution in [0, 0.1) is 6.92 Å². The van der Waals surface area contributed by atoms with E-state index in [1.807, 2.05) is 19.1 Å². The van der Waals surface area contributed by atoms with Gasteiger partial charge in [0, 0.05) is 11.8 Å². The fourth-order valence-corrected chi connectivity index (χ4v) is 1.91. The molecule has 3 heteroatoms. The zero-order chi connectivity index (χ0) is 11.3. The molecule has 0 saturated heterocycles. The Morgan fingerprint density at radius 3 is 2.73 bits per heavy atom. The quantitative estimate of drug-likeness (QED) is 0.837. The number of amides is 1. The van der Waals surface area contributed by atoms with E-state index in [0.29, 0.717) is 11.8 Å². The Bertz CT molecular complexity index is 338. The molecule has 1 rings (SSSR count). The molecule has 0 spiro atoms. The maximum atomic E-state index is 11.4. The fraction of sp³-hybridized carbons (Fsp3) is 0.417. The van der Waals surface area contributed by atoms with Crippen LogP contribution in [0.15, 0.2) is 24.3 Å². The molecule has 0 saturated carbocycles. The van der Waals surface area contributed by atoms with Crippen molar-refractivity contribution in [2.45, 2.75) is 26.3 Å². The Balaban J connectivity index is 2.65. The minimum absolute atomic E-state index is 0.0812. The summed E-state index contributed by atoms with van der Waals surface area (Å²) in [7, 11) is 0. The van der Waals surface area contributed by atoms with Crippen LogP contribution >= 0.6 is 15.9 Å². The van der Waals surface area contributed by atoms with Crippen LogP contribution in [-0.4, -0.2) is 11.2 Å². The number of aryl methyl sites for hydroxylation is 1. The predicted molar refractivity (Wildman–Crippen MR) is 66.1 cm³/mol. The van der Waals surface area contributed by atoms with Gasteiger partial charge in [0.1, 0.15) is 0 Å². The number of halogens is 1. The van der Waals surface area contributed by atoms with E-state index in [1.54, 1.807) is 0 Å². The van der Waals surface area contributed by atoms with Gasteiger partial charge in [0.2, 0.25) is 5.91 Å². The van der Waals surface area contributed by atoms with Crippen molar-refractivity contribution in [3.63, 3.8) is 0 Å². The monoisotopic (exact) mass is 269 g/mol. The van der Waals surface area contributed by atoms with Gasteiger partial charge in [-0.05, 0) is 25.0 Å². The predicted octanol–water partition coefficient (Wildman–Crippen LogP) is 2.96. The summed E-state index contributed by atoms with van der Waals surface area (Å²) in [5, 5.41) is 3.68. The van der Waals surface area contributed by atoms with E-state index in [4.69, 9.17) is 0 Å². The molecular formula is C12H16BrNO. The highest BCUT2D eigenvalue weighted by Gasteiger charge is 2.10. The van der Waals surface area contributed by atoms with Gasteiger partial charge >= 0.3 is 0 Å². The first kappa shape index (κ1) is 12.2. The maximum absolute atomic E-state index is 11.4. The third kappa shape index (κ3) is 3.67. The van der Waals surface area contributed by atoms with Crippen LogP contribution in [0.3, 0.4) is 0 Å². The number of benzene rings is 1. The third-order valence-electron chi connectivity index (χ3n) is 2.35. The number of hydrogen-bond donors (Lipinski definition) is 1. The molecule has 82 valence electrons. The van der Waals surface area contributed by atoms with Crippen molar-refractivity contribution in [1.29, 1.82) is 0 Å². The van der Waals surface area contributed by atoms with Gasteiger partial charge in [0.15, 0.2) is 0 Å². The van der Waals surface area contributed by atoms with Crippen LogP contribution < -0.4 is 5.32 Å². The SMILES string of the molecule is Cc1ccccc1C(C)NC(=O)CCBr. The smallest absolute Gasteiger partial charge is 0.221 e. The van der Waals surface area contributed by atoms with Crippen molar-refractivity contribution in [1.82, 2.24) is 5.32 Å². The van der Waals surface area contributed by atoms with E-state index >= 15 is 0 Å². The van der Waals surface area contributed by atoms with Crippen molar-refractivity contribution in [2.24, 2.45) is 0 Å². The molecule has 0 aliphatic rings. The molecule has 0 aliphatic carbocycles. The number of carbonyl (C=O) groups is 1. The van der Waals surface area contributed by atoms with Gasteiger partial charge in [-0.2, -0.15) is 0 Å². The van der Waals surface area contributed by atoms with E-state index in [2.05, 4.69) is 40.3 Å². The van der Waals surface area contributed by atoms with Crippen molar-refractivity contribution in [2.75, 3.05) is 5.33 Å². The van der Waals surface area contributed by atoms with Gasteiger partial charge in [-0.1, -0.05) is 40.2 Å². The number of nitrogens with one attached hydrogen (secondary N) is 1.